The fourth-order valence-electron chi connectivity index (χ4n) is 8.56. The minimum Gasteiger partial charge on any atom is -0.453 e. The van der Waals surface area contributed by atoms with Gasteiger partial charge in [-0.25, -0.2) is 14.6 Å². The van der Waals surface area contributed by atoms with Crippen molar-refractivity contribution in [2.24, 2.45) is 0 Å². The molecule has 1 aromatic heterocycles. The van der Waals surface area contributed by atoms with Crippen LogP contribution in [0.3, 0.4) is 0 Å². The number of aromatic amines is 1. The smallest absolute Gasteiger partial charge is 0.407 e. The third-order valence-electron chi connectivity index (χ3n) is 12.1. The van der Waals surface area contributed by atoms with Gasteiger partial charge in [-0.15, -0.1) is 0 Å². The summed E-state index contributed by atoms with van der Waals surface area (Å²) in [6.07, 6.45) is 4.14. The van der Waals surface area contributed by atoms with E-state index in [2.05, 4.69) is 37.8 Å². The molecule has 6 amide bonds. The Morgan fingerprint density at radius 2 is 1.32 bits per heavy atom. The highest BCUT2D eigenvalue weighted by atomic mass is 16.5. The molecule has 0 spiro atoms. The second-order valence-corrected chi connectivity index (χ2v) is 16.2. The van der Waals surface area contributed by atoms with Crippen molar-refractivity contribution < 1.29 is 33.4 Å². The van der Waals surface area contributed by atoms with Crippen molar-refractivity contribution in [2.45, 2.75) is 49.9 Å². The lowest BCUT2D eigenvalue weighted by molar-refractivity contribution is -0.135. The molecule has 5 aromatic rings. The van der Waals surface area contributed by atoms with Crippen molar-refractivity contribution in [1.82, 2.24) is 40.6 Å². The largest absolute Gasteiger partial charge is 0.453 e. The molecule has 15 heteroatoms. The van der Waals surface area contributed by atoms with Crippen LogP contribution in [0.5, 0.6) is 0 Å². The first-order valence-corrected chi connectivity index (χ1v) is 22.0. The minimum absolute atomic E-state index is 0.200. The zero-order valence-electron chi connectivity index (χ0n) is 36.2. The number of alkyl carbamates (subject to hydrolysis) is 1. The van der Waals surface area contributed by atoms with E-state index in [9.17, 15) is 24.0 Å². The number of nitrogens with zero attached hydrogens (tertiary/aromatic N) is 4. The highest BCUT2D eigenvalue weighted by Gasteiger charge is 2.38. The number of hydrogen-bond donors (Lipinski definition) is 4. The Kier molecular flexibility index (Phi) is 14.2. The molecule has 4 N–H and O–H groups in total. The molecule has 8 rings (SSSR count). The van der Waals surface area contributed by atoms with E-state index in [4.69, 9.17) is 9.47 Å². The quantitative estimate of drug-likeness (QED) is 0.121. The number of benzene rings is 4. The molecular weight excluding hydrogens is 825 g/mol. The Morgan fingerprint density at radius 1 is 0.738 bits per heavy atom. The molecule has 3 aliphatic rings. The van der Waals surface area contributed by atoms with Crippen LogP contribution in [0.2, 0.25) is 0 Å². The molecule has 4 unspecified atom stereocenters. The Hall–Kier alpha value is -7.44. The molecule has 3 fully saturated rings. The Bertz CT molecular complexity index is 2520. The Morgan fingerprint density at radius 3 is 1.97 bits per heavy atom. The number of aromatic nitrogens is 2. The summed E-state index contributed by atoms with van der Waals surface area (Å²) in [6, 6.07) is 30.7. The van der Waals surface area contributed by atoms with Gasteiger partial charge in [-0.1, -0.05) is 84.6 Å². The Balaban J connectivity index is 0.852. The van der Waals surface area contributed by atoms with Crippen LogP contribution in [0, 0.1) is 11.8 Å². The Labute approximate surface area is 377 Å². The van der Waals surface area contributed by atoms with Crippen LogP contribution in [0.1, 0.15) is 82.2 Å². The maximum absolute atomic E-state index is 14.0. The third kappa shape index (κ3) is 10.7. The molecule has 65 heavy (non-hydrogen) atoms. The van der Waals surface area contributed by atoms with Crippen molar-refractivity contribution in [2.75, 3.05) is 53.0 Å². The number of carbonyl (C=O) groups is 5. The van der Waals surface area contributed by atoms with Crippen molar-refractivity contribution in [1.29, 1.82) is 0 Å². The van der Waals surface area contributed by atoms with Crippen LogP contribution in [0.25, 0.3) is 11.3 Å². The molecule has 0 aliphatic carbocycles. The summed E-state index contributed by atoms with van der Waals surface area (Å²) >= 11 is 0. The summed E-state index contributed by atoms with van der Waals surface area (Å²) in [5, 5.41) is 8.68. The number of nitrogens with one attached hydrogen (secondary N) is 4. The van der Waals surface area contributed by atoms with Crippen molar-refractivity contribution in [3.63, 3.8) is 0 Å². The molecule has 334 valence electrons. The third-order valence-corrected chi connectivity index (χ3v) is 12.1. The van der Waals surface area contributed by atoms with Crippen molar-refractivity contribution in [3.8, 4) is 23.1 Å². The van der Waals surface area contributed by atoms with Crippen LogP contribution in [-0.2, 0) is 19.1 Å². The highest BCUT2D eigenvalue weighted by Crippen LogP contribution is 2.34. The van der Waals surface area contributed by atoms with E-state index >= 15 is 0 Å². The second-order valence-electron chi connectivity index (χ2n) is 16.2. The van der Waals surface area contributed by atoms with Gasteiger partial charge in [0.1, 0.15) is 17.9 Å². The summed E-state index contributed by atoms with van der Waals surface area (Å²) in [6.45, 7) is 3.19. The molecule has 0 saturated carbocycles. The van der Waals surface area contributed by atoms with E-state index in [0.717, 1.165) is 48.1 Å². The van der Waals surface area contributed by atoms with Gasteiger partial charge >= 0.3 is 12.1 Å². The summed E-state index contributed by atoms with van der Waals surface area (Å²) in [5.74, 6) is 6.36. The van der Waals surface area contributed by atoms with E-state index in [-0.39, 0.29) is 42.4 Å². The van der Waals surface area contributed by atoms with E-state index in [1.54, 1.807) is 57.3 Å². The lowest BCUT2D eigenvalue weighted by atomic mass is 10.0. The molecule has 4 aromatic carbocycles. The standard InChI is InChI=1S/C50H52N8O7/c1-64-50(63)55-44(38-12-6-3-7-13-38)48(61)58-27-9-15-42(58)45-51-33-41(53-45)36-22-18-34(19-23-36)16-17-35-20-24-39(25-21-35)46(59)52-32-40-14-8-26-57(40)47(60)43(37-10-4-2-5-11-37)54-49(62)56-28-30-65-31-29-56/h2-7,10-13,18-25,33,40,42-44H,8-9,14-15,26-32H2,1H3,(H,51,53)(H,52,59)(H,54,62)(H,55,63). The number of imidazole rings is 1. The molecule has 0 radical (unpaired) electrons. The van der Waals surface area contributed by atoms with Gasteiger partial charge in [0.2, 0.25) is 5.91 Å². The van der Waals surface area contributed by atoms with E-state index in [0.29, 0.717) is 61.9 Å². The van der Waals surface area contributed by atoms with E-state index in [1.807, 2.05) is 72.8 Å². The SMILES string of the molecule is COC(=O)NC(C(=O)N1CCCC1c1ncc(-c2ccc(C#Cc3ccc(C(=O)NCC4CCCN4C(=O)C(NC(=O)N4CCOCC4)c4ccccc4)cc3)cc2)[nH]1)c1ccccc1. The van der Waals surface area contributed by atoms with Gasteiger partial charge in [-0.2, -0.15) is 0 Å². The molecule has 0 bridgehead atoms. The monoisotopic (exact) mass is 876 g/mol. The maximum Gasteiger partial charge on any atom is 0.407 e. The lowest BCUT2D eigenvalue weighted by Gasteiger charge is -2.32. The normalized spacial score (nSPS) is 17.9. The van der Waals surface area contributed by atoms with Gasteiger partial charge in [-0.3, -0.25) is 14.4 Å². The molecule has 15 nitrogen and oxygen atoms in total. The van der Waals surface area contributed by atoms with Crippen molar-refractivity contribution in [3.05, 3.63) is 149 Å². The molecule has 3 saturated heterocycles. The first-order valence-electron chi connectivity index (χ1n) is 22.0. The average Bonchev–Trinajstić information content (AvgIpc) is 4.16. The van der Waals surface area contributed by atoms with Gasteiger partial charge in [-0.05, 0) is 78.8 Å². The number of hydrogen-bond acceptors (Lipinski definition) is 8. The first-order chi connectivity index (χ1) is 31.7. The van der Waals surface area contributed by atoms with Gasteiger partial charge in [0.15, 0.2) is 0 Å². The number of ether oxygens (including phenoxy) is 2. The van der Waals surface area contributed by atoms with Crippen LogP contribution in [0.4, 0.5) is 9.59 Å². The van der Waals surface area contributed by atoms with Crippen LogP contribution < -0.4 is 16.0 Å². The van der Waals surface area contributed by atoms with E-state index < -0.39 is 18.2 Å². The maximum atomic E-state index is 14.0. The molecular formula is C50H52N8O7. The first kappa shape index (κ1) is 44.2. The van der Waals surface area contributed by atoms with Crippen LogP contribution in [0.15, 0.2) is 115 Å². The molecule has 4 atom stereocenters. The lowest BCUT2D eigenvalue weighted by Crippen LogP contribution is -2.52. The number of morpholine rings is 1. The number of likely N-dealkylation sites (tertiary alicyclic amines) is 2. The van der Waals surface area contributed by atoms with Crippen molar-refractivity contribution >= 4 is 29.8 Å². The number of methoxy groups -OCH3 is 1. The number of amides is 6. The topological polar surface area (TPSA) is 178 Å². The van der Waals surface area contributed by atoms with Gasteiger partial charge in [0.05, 0.1) is 38.3 Å². The summed E-state index contributed by atoms with van der Waals surface area (Å²) in [5.41, 5.74) is 5.11. The van der Waals surface area contributed by atoms with Crippen LogP contribution in [-0.4, -0.2) is 114 Å². The van der Waals surface area contributed by atoms with Gasteiger partial charge in [0, 0.05) is 55.5 Å². The highest BCUT2D eigenvalue weighted by molar-refractivity contribution is 5.94. The predicted octanol–water partition coefficient (Wildman–Crippen LogP) is 5.74. The number of carbonyl (C=O) groups excluding carboxylic acids is 5. The summed E-state index contributed by atoms with van der Waals surface area (Å²) in [4.78, 5) is 79.9. The predicted molar refractivity (Wildman–Crippen MR) is 242 cm³/mol. The number of H-pyrrole nitrogens is 1. The zero-order chi connectivity index (χ0) is 45.1. The zero-order valence-corrected chi connectivity index (χ0v) is 36.2. The van der Waals surface area contributed by atoms with Crippen LogP contribution >= 0.6 is 0 Å². The molecule has 4 heterocycles. The summed E-state index contributed by atoms with van der Waals surface area (Å²) < 4.78 is 10.2. The van der Waals surface area contributed by atoms with Gasteiger partial charge in [0.25, 0.3) is 11.8 Å². The van der Waals surface area contributed by atoms with E-state index in [1.165, 1.54) is 7.11 Å². The number of urea groups is 1. The summed E-state index contributed by atoms with van der Waals surface area (Å²) in [7, 11) is 1.27. The fourth-order valence-corrected chi connectivity index (χ4v) is 8.56. The molecule has 3 aliphatic heterocycles. The van der Waals surface area contributed by atoms with Gasteiger partial charge < -0.3 is 45.1 Å². The average molecular weight is 877 g/mol. The second kappa shape index (κ2) is 20.8. The minimum atomic E-state index is -0.896. The number of rotatable bonds is 11. The fraction of sp³-hybridized carbons (Fsp3) is 0.320.